The van der Waals surface area contributed by atoms with Crippen LogP contribution < -0.4 is 10.6 Å². The zero-order chi connectivity index (χ0) is 12.5. The van der Waals surface area contributed by atoms with Gasteiger partial charge in [-0.15, -0.1) is 0 Å². The lowest BCUT2D eigenvalue weighted by Crippen LogP contribution is -2.40. The molecule has 0 radical (unpaired) electrons. The minimum absolute atomic E-state index is 0.0275. The number of carbonyl (C=O) groups excluding carboxylic acids is 1. The summed E-state index contributed by atoms with van der Waals surface area (Å²) in [4.78, 5) is 11.5. The number of amides is 2. The van der Waals surface area contributed by atoms with Crippen LogP contribution in [0.3, 0.4) is 0 Å². The fraction of sp³-hybridized carbons (Fsp3) is 0.923. The number of urea groups is 1. The predicted molar refractivity (Wildman–Crippen MR) is 69.1 cm³/mol. The first-order chi connectivity index (χ1) is 8.22. The van der Waals surface area contributed by atoms with Gasteiger partial charge in [0.2, 0.25) is 0 Å². The molecule has 1 aliphatic rings. The first-order valence-corrected chi connectivity index (χ1v) is 6.85. The Morgan fingerprint density at radius 1 is 1.35 bits per heavy atom. The molecule has 0 aromatic rings. The van der Waals surface area contributed by atoms with Gasteiger partial charge in [-0.1, -0.05) is 19.8 Å². The summed E-state index contributed by atoms with van der Waals surface area (Å²) in [6.45, 7) is 6.63. The molecule has 2 atom stereocenters. The zero-order valence-electron chi connectivity index (χ0n) is 11.1. The van der Waals surface area contributed by atoms with Gasteiger partial charge in [-0.2, -0.15) is 0 Å². The highest BCUT2D eigenvalue weighted by Crippen LogP contribution is 2.18. The van der Waals surface area contributed by atoms with Crippen molar-refractivity contribution in [3.05, 3.63) is 0 Å². The molecular weight excluding hydrogens is 216 g/mol. The molecule has 0 aromatic carbocycles. The van der Waals surface area contributed by atoms with E-state index in [1.54, 1.807) is 0 Å². The highest BCUT2D eigenvalue weighted by molar-refractivity contribution is 5.73. The van der Waals surface area contributed by atoms with Crippen molar-refractivity contribution in [2.24, 2.45) is 5.92 Å². The van der Waals surface area contributed by atoms with Crippen LogP contribution in [0.4, 0.5) is 4.79 Å². The smallest absolute Gasteiger partial charge is 0.314 e. The van der Waals surface area contributed by atoms with Crippen molar-refractivity contribution in [3.63, 3.8) is 0 Å². The molecule has 4 heteroatoms. The molecule has 2 N–H and O–H groups in total. The van der Waals surface area contributed by atoms with Crippen LogP contribution in [0, 0.1) is 5.92 Å². The monoisotopic (exact) mass is 242 g/mol. The van der Waals surface area contributed by atoms with Gasteiger partial charge < -0.3 is 15.4 Å². The molecule has 2 amide bonds. The Bertz CT molecular complexity index is 221. The Labute approximate surface area is 104 Å². The van der Waals surface area contributed by atoms with Crippen LogP contribution in [0.15, 0.2) is 0 Å². The largest absolute Gasteiger partial charge is 0.378 e. The Morgan fingerprint density at radius 2 is 2.18 bits per heavy atom. The summed E-state index contributed by atoms with van der Waals surface area (Å²) in [5.74, 6) is 0.570. The van der Waals surface area contributed by atoms with Gasteiger partial charge >= 0.3 is 6.03 Å². The molecular formula is C13H26N2O2. The summed E-state index contributed by atoms with van der Waals surface area (Å²) in [7, 11) is 0. The Balaban J connectivity index is 2.02. The predicted octanol–water partition coefficient (Wildman–Crippen LogP) is 2.29. The molecule has 1 heterocycles. The minimum Gasteiger partial charge on any atom is -0.378 e. The van der Waals surface area contributed by atoms with Crippen molar-refractivity contribution in [1.82, 2.24) is 10.6 Å². The average Bonchev–Trinajstić information content (AvgIpc) is 2.32. The standard InChI is InChI=1S/C13H26N2O2/c1-3-4-5-7-14-13(16)15-10-12-6-8-17-11(2)9-12/h11-12H,3-10H2,1-2H3,(H2,14,15,16)/t11-,12+/m0/s1. The second-order valence-electron chi connectivity index (χ2n) is 4.92. The number of carbonyl (C=O) groups is 1. The number of ether oxygens (including phenoxy) is 1. The molecule has 4 nitrogen and oxygen atoms in total. The molecule has 1 saturated heterocycles. The summed E-state index contributed by atoms with van der Waals surface area (Å²) in [5, 5.41) is 5.83. The van der Waals surface area contributed by atoms with E-state index < -0.39 is 0 Å². The maximum atomic E-state index is 11.5. The topological polar surface area (TPSA) is 50.4 Å². The first kappa shape index (κ1) is 14.3. The van der Waals surface area contributed by atoms with Gasteiger partial charge in [0.05, 0.1) is 6.10 Å². The van der Waals surface area contributed by atoms with Crippen LogP contribution in [-0.2, 0) is 4.74 Å². The number of rotatable bonds is 6. The van der Waals surface area contributed by atoms with Gasteiger partial charge in [-0.05, 0) is 32.1 Å². The van der Waals surface area contributed by atoms with E-state index in [1.807, 2.05) is 0 Å². The van der Waals surface area contributed by atoms with Gasteiger partial charge in [-0.25, -0.2) is 4.79 Å². The van der Waals surface area contributed by atoms with E-state index in [0.717, 1.165) is 39.0 Å². The average molecular weight is 242 g/mol. The lowest BCUT2D eigenvalue weighted by atomic mass is 9.96. The van der Waals surface area contributed by atoms with Crippen LogP contribution in [0.25, 0.3) is 0 Å². The molecule has 100 valence electrons. The maximum Gasteiger partial charge on any atom is 0.314 e. The fourth-order valence-electron chi connectivity index (χ4n) is 2.15. The number of nitrogens with one attached hydrogen (secondary N) is 2. The fourth-order valence-corrected chi connectivity index (χ4v) is 2.15. The molecule has 0 aromatic heterocycles. The molecule has 1 aliphatic heterocycles. The third-order valence-corrected chi connectivity index (χ3v) is 3.21. The normalized spacial score (nSPS) is 24.4. The van der Waals surface area contributed by atoms with E-state index in [2.05, 4.69) is 24.5 Å². The van der Waals surface area contributed by atoms with Crippen molar-refractivity contribution >= 4 is 6.03 Å². The molecule has 17 heavy (non-hydrogen) atoms. The van der Waals surface area contributed by atoms with Gasteiger partial charge in [0.15, 0.2) is 0 Å². The van der Waals surface area contributed by atoms with Crippen LogP contribution in [-0.4, -0.2) is 31.8 Å². The van der Waals surface area contributed by atoms with Gasteiger partial charge in [0, 0.05) is 19.7 Å². The van der Waals surface area contributed by atoms with Crippen molar-refractivity contribution in [3.8, 4) is 0 Å². The van der Waals surface area contributed by atoms with Crippen molar-refractivity contribution in [2.75, 3.05) is 19.7 Å². The third-order valence-electron chi connectivity index (χ3n) is 3.21. The van der Waals surface area contributed by atoms with Gasteiger partial charge in [0.25, 0.3) is 0 Å². The van der Waals surface area contributed by atoms with E-state index in [0.29, 0.717) is 12.0 Å². The number of unbranched alkanes of at least 4 members (excludes halogenated alkanes) is 2. The van der Waals surface area contributed by atoms with Crippen molar-refractivity contribution in [1.29, 1.82) is 0 Å². The Hall–Kier alpha value is -0.770. The SMILES string of the molecule is CCCCCNC(=O)NC[C@@H]1CCO[C@@H](C)C1. The summed E-state index contributed by atoms with van der Waals surface area (Å²) in [5.41, 5.74) is 0. The van der Waals surface area contributed by atoms with Crippen molar-refractivity contribution < 1.29 is 9.53 Å². The lowest BCUT2D eigenvalue weighted by Gasteiger charge is -2.27. The second-order valence-corrected chi connectivity index (χ2v) is 4.92. The quantitative estimate of drug-likeness (QED) is 0.702. The summed E-state index contributed by atoms with van der Waals surface area (Å²) in [6, 6.07) is -0.0275. The van der Waals surface area contributed by atoms with Crippen LogP contribution >= 0.6 is 0 Å². The summed E-state index contributed by atoms with van der Waals surface area (Å²) < 4.78 is 5.48. The highest BCUT2D eigenvalue weighted by Gasteiger charge is 2.19. The highest BCUT2D eigenvalue weighted by atomic mass is 16.5. The summed E-state index contributed by atoms with van der Waals surface area (Å²) in [6.07, 6.45) is 5.87. The van der Waals surface area contributed by atoms with E-state index in [1.165, 1.54) is 12.8 Å². The molecule has 0 aliphatic carbocycles. The lowest BCUT2D eigenvalue weighted by molar-refractivity contribution is 0.00346. The van der Waals surface area contributed by atoms with E-state index in [-0.39, 0.29) is 6.03 Å². The molecule has 0 spiro atoms. The molecule has 0 unspecified atom stereocenters. The minimum atomic E-state index is -0.0275. The van der Waals surface area contributed by atoms with Crippen LogP contribution in [0.2, 0.25) is 0 Å². The van der Waals surface area contributed by atoms with Crippen LogP contribution in [0.1, 0.15) is 46.0 Å². The molecule has 1 fully saturated rings. The molecule has 1 rings (SSSR count). The molecule has 0 saturated carbocycles. The van der Waals surface area contributed by atoms with Crippen LogP contribution in [0.5, 0.6) is 0 Å². The molecule has 0 bridgehead atoms. The first-order valence-electron chi connectivity index (χ1n) is 6.85. The second kappa shape index (κ2) is 8.34. The van der Waals surface area contributed by atoms with Gasteiger partial charge in [0.1, 0.15) is 0 Å². The van der Waals surface area contributed by atoms with Gasteiger partial charge in [-0.3, -0.25) is 0 Å². The zero-order valence-corrected chi connectivity index (χ0v) is 11.1. The van der Waals surface area contributed by atoms with E-state index in [9.17, 15) is 4.79 Å². The Kier molecular flexibility index (Phi) is 7.01. The third kappa shape index (κ3) is 6.51. The van der Waals surface area contributed by atoms with E-state index >= 15 is 0 Å². The van der Waals surface area contributed by atoms with Crippen molar-refractivity contribution in [2.45, 2.75) is 52.1 Å². The maximum absolute atomic E-state index is 11.5. The number of hydrogen-bond acceptors (Lipinski definition) is 2. The number of hydrogen-bond donors (Lipinski definition) is 2. The Morgan fingerprint density at radius 3 is 2.88 bits per heavy atom. The van der Waals surface area contributed by atoms with E-state index in [4.69, 9.17) is 4.74 Å². The summed E-state index contributed by atoms with van der Waals surface area (Å²) >= 11 is 0.